The van der Waals surface area contributed by atoms with E-state index in [-0.39, 0.29) is 0 Å². The molecular formula is C19H24ClN5O3S. The van der Waals surface area contributed by atoms with Gasteiger partial charge in [0.05, 0.1) is 21.9 Å². The molecule has 29 heavy (non-hydrogen) atoms. The van der Waals surface area contributed by atoms with Crippen LogP contribution in [0.1, 0.15) is 32.2 Å². The number of ether oxygens (including phenoxy) is 1. The zero-order valence-electron chi connectivity index (χ0n) is 16.6. The number of hydrogen-bond acceptors (Lipinski definition) is 7. The van der Waals surface area contributed by atoms with E-state index in [0.717, 1.165) is 55.2 Å². The number of fused-ring (bicyclic) bond motifs is 1. The lowest BCUT2D eigenvalue weighted by Crippen LogP contribution is -2.53. The molecule has 0 radical (unpaired) electrons. The average Bonchev–Trinajstić information content (AvgIpc) is 2.95. The summed E-state index contributed by atoms with van der Waals surface area (Å²) in [7, 11) is 0. The van der Waals surface area contributed by atoms with E-state index in [1.807, 2.05) is 0 Å². The Morgan fingerprint density at radius 1 is 1.28 bits per heavy atom. The van der Waals surface area contributed by atoms with E-state index in [9.17, 15) is 9.59 Å². The Hall–Kier alpha value is -2.23. The molecule has 156 valence electrons. The van der Waals surface area contributed by atoms with Gasteiger partial charge in [-0.2, -0.15) is 0 Å². The van der Waals surface area contributed by atoms with E-state index in [1.54, 1.807) is 32.2 Å². The summed E-state index contributed by atoms with van der Waals surface area (Å²) in [6, 6.07) is 3.22. The standard InChI is InChI=1S/C19H24ClN5O3S/c1-4-25-9-7-12-13(8-10-25)22-15(11-21-12)23-17(26)19(2,3)24-18(27)28-16-6-5-14(20)29-16/h5-6,11H,4,7-10H2,1-3H3,(H,24,27)(H,22,23,26). The van der Waals surface area contributed by atoms with Crippen molar-refractivity contribution in [1.29, 1.82) is 0 Å². The average molecular weight is 438 g/mol. The van der Waals surface area contributed by atoms with Gasteiger partial charge in [0.1, 0.15) is 5.54 Å². The number of nitrogens with zero attached hydrogens (tertiary/aromatic N) is 3. The van der Waals surface area contributed by atoms with Crippen molar-refractivity contribution in [2.24, 2.45) is 0 Å². The van der Waals surface area contributed by atoms with Crippen LogP contribution < -0.4 is 15.4 Å². The van der Waals surface area contributed by atoms with Crippen molar-refractivity contribution < 1.29 is 14.3 Å². The zero-order valence-corrected chi connectivity index (χ0v) is 18.2. The highest BCUT2D eigenvalue weighted by Gasteiger charge is 2.31. The molecule has 10 heteroatoms. The van der Waals surface area contributed by atoms with Crippen LogP contribution in [0.5, 0.6) is 5.06 Å². The first kappa shape index (κ1) is 21.5. The van der Waals surface area contributed by atoms with Crippen molar-refractivity contribution >= 4 is 40.8 Å². The lowest BCUT2D eigenvalue weighted by molar-refractivity contribution is -0.121. The lowest BCUT2D eigenvalue weighted by Gasteiger charge is -2.24. The summed E-state index contributed by atoms with van der Waals surface area (Å²) in [5, 5.41) is 5.64. The minimum atomic E-state index is -1.22. The third kappa shape index (κ3) is 5.65. The summed E-state index contributed by atoms with van der Waals surface area (Å²) >= 11 is 6.95. The number of halogens is 1. The zero-order chi connectivity index (χ0) is 21.0. The summed E-state index contributed by atoms with van der Waals surface area (Å²) in [6.45, 7) is 8.17. The molecule has 0 bridgehead atoms. The minimum Gasteiger partial charge on any atom is -0.399 e. The van der Waals surface area contributed by atoms with Gasteiger partial charge in [-0.25, -0.2) is 9.78 Å². The Morgan fingerprint density at radius 3 is 2.66 bits per heavy atom. The highest BCUT2D eigenvalue weighted by Crippen LogP contribution is 2.28. The van der Waals surface area contributed by atoms with Gasteiger partial charge in [0.25, 0.3) is 5.91 Å². The molecule has 1 aliphatic heterocycles. The van der Waals surface area contributed by atoms with Gasteiger partial charge in [-0.1, -0.05) is 29.9 Å². The van der Waals surface area contributed by atoms with Crippen molar-refractivity contribution in [2.45, 2.75) is 39.2 Å². The first-order valence-corrected chi connectivity index (χ1v) is 10.6. The lowest BCUT2D eigenvalue weighted by atomic mass is 10.1. The molecule has 0 aromatic carbocycles. The van der Waals surface area contributed by atoms with Gasteiger partial charge in [0.15, 0.2) is 10.9 Å². The molecule has 0 saturated heterocycles. The fraction of sp³-hybridized carbons (Fsp3) is 0.474. The smallest absolute Gasteiger partial charge is 0.399 e. The maximum absolute atomic E-state index is 12.7. The van der Waals surface area contributed by atoms with Gasteiger partial charge in [-0.05, 0) is 32.5 Å². The van der Waals surface area contributed by atoms with Crippen LogP contribution in [0.3, 0.4) is 0 Å². The van der Waals surface area contributed by atoms with Crippen LogP contribution in [0.25, 0.3) is 0 Å². The SMILES string of the molecule is CCN1CCc2ncc(NC(=O)C(C)(C)NC(=O)Oc3ccc(Cl)s3)nc2CC1. The molecule has 0 unspecified atom stereocenters. The largest absolute Gasteiger partial charge is 0.414 e. The number of aromatic nitrogens is 2. The second-order valence-corrected chi connectivity index (χ2v) is 8.91. The van der Waals surface area contributed by atoms with Crippen LogP contribution in [0, 0.1) is 0 Å². The number of amides is 2. The summed E-state index contributed by atoms with van der Waals surface area (Å²) in [5.41, 5.74) is 0.652. The van der Waals surface area contributed by atoms with E-state index in [4.69, 9.17) is 16.3 Å². The molecule has 0 saturated carbocycles. The molecule has 3 rings (SSSR count). The van der Waals surface area contributed by atoms with Gasteiger partial charge in [0.2, 0.25) is 0 Å². The second-order valence-electron chi connectivity index (χ2n) is 7.24. The molecular weight excluding hydrogens is 414 g/mol. The van der Waals surface area contributed by atoms with Gasteiger partial charge >= 0.3 is 6.09 Å². The maximum atomic E-state index is 12.7. The number of carbonyl (C=O) groups excluding carboxylic acids is 2. The predicted octanol–water partition coefficient (Wildman–Crippen LogP) is 3.12. The molecule has 8 nitrogen and oxygen atoms in total. The van der Waals surface area contributed by atoms with E-state index < -0.39 is 17.5 Å². The highest BCUT2D eigenvalue weighted by molar-refractivity contribution is 7.17. The predicted molar refractivity (Wildman–Crippen MR) is 113 cm³/mol. The van der Waals surface area contributed by atoms with Gasteiger partial charge in [0, 0.05) is 25.9 Å². The summed E-state index contributed by atoms with van der Waals surface area (Å²) in [4.78, 5) is 36.2. The Morgan fingerprint density at radius 2 is 2.00 bits per heavy atom. The quantitative estimate of drug-likeness (QED) is 0.746. The molecule has 0 aliphatic carbocycles. The number of likely N-dealkylation sites (N-methyl/N-ethyl adjacent to an activating group) is 1. The molecule has 1 aliphatic rings. The fourth-order valence-electron chi connectivity index (χ4n) is 2.93. The first-order valence-electron chi connectivity index (χ1n) is 9.41. The Labute approximate surface area is 178 Å². The van der Waals surface area contributed by atoms with Crippen molar-refractivity contribution in [1.82, 2.24) is 20.2 Å². The van der Waals surface area contributed by atoms with Gasteiger partial charge in [-0.3, -0.25) is 9.78 Å². The van der Waals surface area contributed by atoms with Crippen molar-refractivity contribution in [3.8, 4) is 5.06 Å². The van der Waals surface area contributed by atoms with Gasteiger partial charge in [-0.15, -0.1) is 0 Å². The number of rotatable bonds is 5. The second kappa shape index (κ2) is 9.06. The van der Waals surface area contributed by atoms with Crippen LogP contribution in [0.4, 0.5) is 10.6 Å². The number of nitrogens with one attached hydrogen (secondary N) is 2. The molecule has 0 spiro atoms. The van der Waals surface area contributed by atoms with E-state index in [0.29, 0.717) is 15.2 Å². The van der Waals surface area contributed by atoms with Crippen LogP contribution in [0.15, 0.2) is 18.3 Å². The minimum absolute atomic E-state index is 0.349. The maximum Gasteiger partial charge on any atom is 0.414 e. The fourth-order valence-corrected chi connectivity index (χ4v) is 3.80. The van der Waals surface area contributed by atoms with Crippen molar-refractivity contribution in [3.63, 3.8) is 0 Å². The molecule has 0 fully saturated rings. The normalized spacial score (nSPS) is 14.6. The Kier molecular flexibility index (Phi) is 6.71. The van der Waals surface area contributed by atoms with Crippen LogP contribution in [-0.2, 0) is 17.6 Å². The molecule has 2 amide bonds. The summed E-state index contributed by atoms with van der Waals surface area (Å²) in [5.74, 6) is -0.0521. The van der Waals surface area contributed by atoms with E-state index in [1.165, 1.54) is 0 Å². The van der Waals surface area contributed by atoms with Crippen molar-refractivity contribution in [2.75, 3.05) is 25.0 Å². The molecule has 0 atom stereocenters. The molecule has 2 aromatic heterocycles. The molecule has 3 heterocycles. The Bertz CT molecular complexity index is 902. The van der Waals surface area contributed by atoms with Crippen LogP contribution in [0.2, 0.25) is 4.34 Å². The summed E-state index contributed by atoms with van der Waals surface area (Å²) < 4.78 is 5.66. The third-order valence-electron chi connectivity index (χ3n) is 4.67. The molecule has 2 aromatic rings. The molecule has 2 N–H and O–H groups in total. The third-order valence-corrected chi connectivity index (χ3v) is 5.78. The van der Waals surface area contributed by atoms with Crippen LogP contribution in [-0.4, -0.2) is 52.0 Å². The number of anilines is 1. The summed E-state index contributed by atoms with van der Waals surface area (Å²) in [6.07, 6.45) is 2.45. The van der Waals surface area contributed by atoms with Crippen LogP contribution >= 0.6 is 22.9 Å². The Balaban J connectivity index is 1.61. The number of thiophene rings is 1. The van der Waals surface area contributed by atoms with E-state index in [2.05, 4.69) is 32.4 Å². The number of hydrogen-bond donors (Lipinski definition) is 2. The number of carbonyl (C=O) groups is 2. The van der Waals surface area contributed by atoms with Gasteiger partial charge < -0.3 is 20.3 Å². The first-order chi connectivity index (χ1) is 13.8. The highest BCUT2D eigenvalue weighted by atomic mass is 35.5. The van der Waals surface area contributed by atoms with Crippen molar-refractivity contribution in [3.05, 3.63) is 34.1 Å². The monoisotopic (exact) mass is 437 g/mol. The topological polar surface area (TPSA) is 96.5 Å². The van der Waals surface area contributed by atoms with E-state index >= 15 is 0 Å².